The molecule has 0 atom stereocenters. The van der Waals surface area contributed by atoms with E-state index in [1.807, 2.05) is 0 Å². The van der Waals surface area contributed by atoms with E-state index < -0.39 is 9.84 Å². The lowest BCUT2D eigenvalue weighted by atomic mass is 9.97. The summed E-state index contributed by atoms with van der Waals surface area (Å²) in [6.07, 6.45) is 4.23. The van der Waals surface area contributed by atoms with Crippen LogP contribution in [-0.4, -0.2) is 29.9 Å². The number of hydrogen-bond acceptors (Lipinski definition) is 6. The van der Waals surface area contributed by atoms with Gasteiger partial charge in [-0.05, 0) is 55.5 Å². The van der Waals surface area contributed by atoms with Crippen LogP contribution < -0.4 is 5.56 Å². The maximum absolute atomic E-state index is 12.5. The number of halogens is 1. The Kier molecular flexibility index (Phi) is 5.46. The van der Waals surface area contributed by atoms with Crippen LogP contribution in [0.2, 0.25) is 0 Å². The molecule has 0 fully saturated rings. The Bertz CT molecular complexity index is 1150. The molecule has 1 aliphatic rings. The van der Waals surface area contributed by atoms with Gasteiger partial charge in [0.1, 0.15) is 4.83 Å². The van der Waals surface area contributed by atoms with Crippen LogP contribution in [0.1, 0.15) is 23.3 Å². The number of H-pyrrole nitrogens is 1. The molecule has 0 amide bonds. The molecule has 5 nitrogen and oxygen atoms in total. The fraction of sp³-hybridized carbons (Fsp3) is 0.333. The van der Waals surface area contributed by atoms with Gasteiger partial charge in [0.05, 0.1) is 16.0 Å². The molecule has 0 saturated carbocycles. The van der Waals surface area contributed by atoms with E-state index in [4.69, 9.17) is 0 Å². The van der Waals surface area contributed by atoms with E-state index in [1.54, 1.807) is 35.6 Å². The number of benzene rings is 1. The number of nitrogens with zero attached hydrogens (tertiary/aromatic N) is 1. The Hall–Kier alpha value is -1.16. The minimum Gasteiger partial charge on any atom is -0.301 e. The number of nitrogens with one attached hydrogen (secondary N) is 1. The van der Waals surface area contributed by atoms with E-state index in [0.717, 1.165) is 45.9 Å². The smallest absolute Gasteiger partial charge is 0.260 e. The largest absolute Gasteiger partial charge is 0.301 e. The Morgan fingerprint density at radius 1 is 1.19 bits per heavy atom. The molecule has 1 N–H and O–H groups in total. The van der Waals surface area contributed by atoms with Gasteiger partial charge in [-0.2, -0.15) is 0 Å². The molecule has 2 heterocycles. The van der Waals surface area contributed by atoms with Crippen LogP contribution in [0.15, 0.2) is 43.6 Å². The molecule has 0 saturated heterocycles. The second-order valence-corrected chi connectivity index (χ2v) is 11.6. The molecular formula is C18H17BrN2O3S3. The highest BCUT2D eigenvalue weighted by molar-refractivity contribution is 9.10. The maximum atomic E-state index is 12.5. The van der Waals surface area contributed by atoms with Crippen molar-refractivity contribution in [2.75, 3.05) is 11.5 Å². The summed E-state index contributed by atoms with van der Waals surface area (Å²) in [4.78, 5) is 22.3. The van der Waals surface area contributed by atoms with Gasteiger partial charge in [-0.3, -0.25) is 4.79 Å². The SMILES string of the molecule is O=c1[nH]c(SCCS(=O)(=O)c2ccc(Br)cc2)nc2sc3c(c12)CCCC3. The molecule has 4 rings (SSSR count). The van der Waals surface area contributed by atoms with Crippen LogP contribution in [0, 0.1) is 0 Å². The summed E-state index contributed by atoms with van der Waals surface area (Å²) in [6, 6.07) is 6.61. The van der Waals surface area contributed by atoms with Crippen LogP contribution in [0.3, 0.4) is 0 Å². The highest BCUT2D eigenvalue weighted by Gasteiger charge is 2.20. The predicted octanol–water partition coefficient (Wildman–Crippen LogP) is 4.19. The van der Waals surface area contributed by atoms with E-state index in [1.165, 1.54) is 16.6 Å². The zero-order valence-electron chi connectivity index (χ0n) is 14.3. The third kappa shape index (κ3) is 4.01. The van der Waals surface area contributed by atoms with Crippen LogP contribution in [0.25, 0.3) is 10.2 Å². The number of rotatable bonds is 5. The summed E-state index contributed by atoms with van der Waals surface area (Å²) in [5.74, 6) is 0.319. The second kappa shape index (κ2) is 7.69. The third-order valence-corrected chi connectivity index (χ3v) is 9.15. The third-order valence-electron chi connectivity index (χ3n) is 4.57. The molecule has 0 aliphatic heterocycles. The predicted molar refractivity (Wildman–Crippen MR) is 114 cm³/mol. The number of fused-ring (bicyclic) bond motifs is 3. The lowest BCUT2D eigenvalue weighted by molar-refractivity contribution is 0.597. The van der Waals surface area contributed by atoms with Gasteiger partial charge in [-0.25, -0.2) is 13.4 Å². The first-order valence-corrected chi connectivity index (χ1v) is 12.8. The van der Waals surface area contributed by atoms with Crippen LogP contribution in [0.4, 0.5) is 0 Å². The molecule has 0 bridgehead atoms. The van der Waals surface area contributed by atoms with Crippen molar-refractivity contribution in [3.05, 3.63) is 49.5 Å². The molecule has 1 aromatic carbocycles. The summed E-state index contributed by atoms with van der Waals surface area (Å²) >= 11 is 6.17. The molecule has 27 heavy (non-hydrogen) atoms. The minimum atomic E-state index is -3.36. The first-order valence-electron chi connectivity index (χ1n) is 8.60. The maximum Gasteiger partial charge on any atom is 0.260 e. The molecular weight excluding hydrogens is 468 g/mol. The Balaban J connectivity index is 1.51. The van der Waals surface area contributed by atoms with Gasteiger partial charge in [-0.15, -0.1) is 11.3 Å². The first kappa shape index (κ1) is 19.2. The van der Waals surface area contributed by atoms with E-state index in [-0.39, 0.29) is 11.3 Å². The van der Waals surface area contributed by atoms with E-state index in [2.05, 4.69) is 25.9 Å². The van der Waals surface area contributed by atoms with Gasteiger partial charge in [0.25, 0.3) is 5.56 Å². The normalized spacial score (nSPS) is 14.4. The minimum absolute atomic E-state index is 0.0119. The van der Waals surface area contributed by atoms with E-state index in [0.29, 0.717) is 15.8 Å². The highest BCUT2D eigenvalue weighted by Crippen LogP contribution is 2.34. The molecule has 2 aromatic heterocycles. The zero-order valence-corrected chi connectivity index (χ0v) is 18.4. The number of aryl methyl sites for hydroxylation is 2. The van der Waals surface area contributed by atoms with Crippen molar-refractivity contribution in [1.82, 2.24) is 9.97 Å². The number of thioether (sulfide) groups is 1. The lowest BCUT2D eigenvalue weighted by Gasteiger charge is -2.09. The monoisotopic (exact) mass is 484 g/mol. The molecule has 0 spiro atoms. The average Bonchev–Trinajstić information content (AvgIpc) is 3.00. The molecule has 142 valence electrons. The quantitative estimate of drug-likeness (QED) is 0.433. The fourth-order valence-corrected chi connectivity index (χ4v) is 7.32. The summed E-state index contributed by atoms with van der Waals surface area (Å²) in [5.41, 5.74) is 1.04. The van der Waals surface area contributed by atoms with Crippen molar-refractivity contribution in [2.24, 2.45) is 0 Å². The van der Waals surface area contributed by atoms with Crippen LogP contribution >= 0.6 is 39.0 Å². The Morgan fingerprint density at radius 3 is 2.70 bits per heavy atom. The summed E-state index contributed by atoms with van der Waals surface area (Å²) in [5, 5.41) is 1.21. The summed E-state index contributed by atoms with van der Waals surface area (Å²) < 4.78 is 25.7. The number of sulfone groups is 1. The number of aromatic amines is 1. The standard InChI is InChI=1S/C18H17BrN2O3S3/c19-11-5-7-12(8-6-11)27(23,24)10-9-25-18-20-16(22)15-13-3-1-2-4-14(13)26-17(15)21-18/h5-8H,1-4,9-10H2,(H,20,21,22). The number of thiophene rings is 1. The average molecular weight is 485 g/mol. The number of hydrogen-bond donors (Lipinski definition) is 1. The fourth-order valence-electron chi connectivity index (χ4n) is 3.22. The van der Waals surface area contributed by atoms with Crippen LogP contribution in [0.5, 0.6) is 0 Å². The van der Waals surface area contributed by atoms with Crippen molar-refractivity contribution in [3.63, 3.8) is 0 Å². The van der Waals surface area contributed by atoms with Crippen molar-refractivity contribution in [2.45, 2.75) is 35.7 Å². The molecule has 1 aliphatic carbocycles. The zero-order chi connectivity index (χ0) is 19.0. The van der Waals surface area contributed by atoms with Crippen LogP contribution in [-0.2, 0) is 22.7 Å². The van der Waals surface area contributed by atoms with Gasteiger partial charge < -0.3 is 4.98 Å². The Labute approximate surface area is 173 Å². The molecule has 0 radical (unpaired) electrons. The van der Waals surface area contributed by atoms with Crippen molar-refractivity contribution in [1.29, 1.82) is 0 Å². The van der Waals surface area contributed by atoms with E-state index in [9.17, 15) is 13.2 Å². The topological polar surface area (TPSA) is 79.9 Å². The van der Waals surface area contributed by atoms with Gasteiger partial charge in [0, 0.05) is 15.1 Å². The lowest BCUT2D eigenvalue weighted by Crippen LogP contribution is -2.12. The van der Waals surface area contributed by atoms with E-state index >= 15 is 0 Å². The van der Waals surface area contributed by atoms with Crippen molar-refractivity contribution >= 4 is 59.1 Å². The van der Waals surface area contributed by atoms with Gasteiger partial charge in [0.15, 0.2) is 15.0 Å². The molecule has 9 heteroatoms. The van der Waals surface area contributed by atoms with Gasteiger partial charge >= 0.3 is 0 Å². The van der Waals surface area contributed by atoms with Crippen molar-refractivity contribution in [3.8, 4) is 0 Å². The second-order valence-electron chi connectivity index (χ2n) is 6.38. The Morgan fingerprint density at radius 2 is 1.93 bits per heavy atom. The molecule has 3 aromatic rings. The summed E-state index contributed by atoms with van der Waals surface area (Å²) in [6.45, 7) is 0. The summed E-state index contributed by atoms with van der Waals surface area (Å²) in [7, 11) is -3.36. The molecule has 0 unspecified atom stereocenters. The highest BCUT2D eigenvalue weighted by atomic mass is 79.9. The number of aromatic nitrogens is 2. The van der Waals surface area contributed by atoms with Gasteiger partial charge in [-0.1, -0.05) is 27.7 Å². The first-order chi connectivity index (χ1) is 12.9. The van der Waals surface area contributed by atoms with Gasteiger partial charge in [0.2, 0.25) is 0 Å². The van der Waals surface area contributed by atoms with Crippen molar-refractivity contribution < 1.29 is 8.42 Å².